The molecule has 0 saturated heterocycles. The predicted molar refractivity (Wildman–Crippen MR) is 79.2 cm³/mol. The van der Waals surface area contributed by atoms with Gasteiger partial charge in [-0.25, -0.2) is 0 Å². The number of carbonyl (C=O) groups is 1. The van der Waals surface area contributed by atoms with E-state index in [9.17, 15) is 4.79 Å². The molecule has 0 aromatic heterocycles. The van der Waals surface area contributed by atoms with Crippen molar-refractivity contribution in [1.82, 2.24) is 0 Å². The van der Waals surface area contributed by atoms with Crippen molar-refractivity contribution in [3.63, 3.8) is 0 Å². The molecule has 0 saturated carbocycles. The summed E-state index contributed by atoms with van der Waals surface area (Å²) < 4.78 is 5.88. The van der Waals surface area contributed by atoms with Crippen LogP contribution in [0.3, 0.4) is 0 Å². The number of ketones is 1. The van der Waals surface area contributed by atoms with Crippen LogP contribution in [0.4, 0.5) is 0 Å². The van der Waals surface area contributed by atoms with E-state index in [4.69, 9.17) is 10.00 Å². The Labute approximate surface area is 123 Å². The molecule has 0 N–H and O–H groups in total. The summed E-state index contributed by atoms with van der Waals surface area (Å²) in [6, 6.07) is 15.1. The number of nitrogens with zero attached hydrogens (tertiary/aromatic N) is 1. The van der Waals surface area contributed by atoms with Gasteiger partial charge in [0.2, 0.25) is 0 Å². The first-order valence-electron chi connectivity index (χ1n) is 7.05. The summed E-state index contributed by atoms with van der Waals surface area (Å²) in [5.74, 6) is 1.00. The van der Waals surface area contributed by atoms with E-state index in [1.54, 1.807) is 12.1 Å². The molecule has 3 nitrogen and oxygen atoms in total. The molecule has 2 aromatic carbocycles. The van der Waals surface area contributed by atoms with Gasteiger partial charge in [-0.2, -0.15) is 5.26 Å². The van der Waals surface area contributed by atoms with Gasteiger partial charge in [-0.3, -0.25) is 4.79 Å². The molecule has 21 heavy (non-hydrogen) atoms. The first kappa shape index (κ1) is 13.4. The lowest BCUT2D eigenvalue weighted by molar-refractivity contribution is 0.0971. The van der Waals surface area contributed by atoms with Crippen LogP contribution in [0, 0.1) is 11.3 Å². The molecule has 3 heteroatoms. The lowest BCUT2D eigenvalue weighted by atomic mass is 9.90. The number of hydrogen-bond acceptors (Lipinski definition) is 3. The minimum Gasteiger partial charge on any atom is -0.489 e. The molecule has 0 bridgehead atoms. The molecule has 0 spiro atoms. The summed E-state index contributed by atoms with van der Waals surface area (Å²) in [5.41, 5.74) is 3.48. The van der Waals surface area contributed by atoms with Crippen LogP contribution in [-0.4, -0.2) is 5.78 Å². The van der Waals surface area contributed by atoms with Crippen molar-refractivity contribution < 1.29 is 9.53 Å². The summed E-state index contributed by atoms with van der Waals surface area (Å²) in [7, 11) is 0. The molecule has 0 radical (unpaired) electrons. The van der Waals surface area contributed by atoms with Crippen molar-refractivity contribution in [3.8, 4) is 11.8 Å². The van der Waals surface area contributed by atoms with E-state index >= 15 is 0 Å². The number of Topliss-reactive ketones (excluding diaryl/α,β-unsaturated/α-hetero) is 1. The van der Waals surface area contributed by atoms with Crippen molar-refractivity contribution in [2.45, 2.75) is 25.9 Å². The molecule has 104 valence electrons. The second-order valence-electron chi connectivity index (χ2n) is 5.16. The van der Waals surface area contributed by atoms with E-state index in [2.05, 4.69) is 6.07 Å². The molecular weight excluding hydrogens is 262 g/mol. The molecule has 2 aromatic rings. The zero-order valence-electron chi connectivity index (χ0n) is 11.6. The minimum absolute atomic E-state index is 0.208. The Bertz CT molecular complexity index is 711. The fourth-order valence-corrected chi connectivity index (χ4v) is 2.62. The summed E-state index contributed by atoms with van der Waals surface area (Å²) >= 11 is 0. The maximum atomic E-state index is 11.9. The van der Waals surface area contributed by atoms with Gasteiger partial charge in [0.25, 0.3) is 0 Å². The first-order valence-corrected chi connectivity index (χ1v) is 7.05. The Morgan fingerprint density at radius 1 is 1.10 bits per heavy atom. The van der Waals surface area contributed by atoms with E-state index in [0.717, 1.165) is 35.3 Å². The Hall–Kier alpha value is -2.60. The van der Waals surface area contributed by atoms with Crippen LogP contribution in [0.25, 0.3) is 0 Å². The predicted octanol–water partition coefficient (Wildman–Crippen LogP) is 3.66. The monoisotopic (exact) mass is 277 g/mol. The quantitative estimate of drug-likeness (QED) is 0.860. The zero-order valence-corrected chi connectivity index (χ0v) is 11.6. The molecule has 0 atom stereocenters. The molecular formula is C18H15NO2. The van der Waals surface area contributed by atoms with Crippen molar-refractivity contribution >= 4 is 5.78 Å². The van der Waals surface area contributed by atoms with Crippen LogP contribution in [0.15, 0.2) is 42.5 Å². The van der Waals surface area contributed by atoms with E-state index < -0.39 is 0 Å². The third-order valence-electron chi connectivity index (χ3n) is 3.74. The second kappa shape index (κ2) is 5.80. The maximum absolute atomic E-state index is 11.9. The molecule has 0 amide bonds. The van der Waals surface area contributed by atoms with Crippen molar-refractivity contribution in [1.29, 1.82) is 5.26 Å². The summed E-state index contributed by atoms with van der Waals surface area (Å²) in [4.78, 5) is 11.9. The number of nitriles is 1. The number of benzene rings is 2. The highest BCUT2D eigenvalue weighted by atomic mass is 16.5. The number of fused-ring (bicyclic) bond motifs is 1. The van der Waals surface area contributed by atoms with Crippen LogP contribution < -0.4 is 4.74 Å². The van der Waals surface area contributed by atoms with Crippen molar-refractivity contribution in [2.75, 3.05) is 0 Å². The van der Waals surface area contributed by atoms with Gasteiger partial charge in [-0.05, 0) is 36.6 Å². The molecule has 0 heterocycles. The van der Waals surface area contributed by atoms with Crippen LogP contribution in [0.1, 0.15) is 39.9 Å². The Kier molecular flexibility index (Phi) is 3.70. The SMILES string of the molecule is N#Cc1ccc(COc2cccc3c2CCCC3=O)cc1. The fourth-order valence-electron chi connectivity index (χ4n) is 2.62. The lowest BCUT2D eigenvalue weighted by Crippen LogP contribution is -2.12. The average Bonchev–Trinajstić information content (AvgIpc) is 2.54. The molecule has 3 rings (SSSR count). The van der Waals surface area contributed by atoms with E-state index in [-0.39, 0.29) is 5.78 Å². The van der Waals surface area contributed by atoms with Crippen LogP contribution in [-0.2, 0) is 13.0 Å². The number of carbonyl (C=O) groups excluding carboxylic acids is 1. The van der Waals surface area contributed by atoms with Crippen LogP contribution in [0.5, 0.6) is 5.75 Å². The first-order chi connectivity index (χ1) is 10.3. The molecule has 0 aliphatic heterocycles. The van der Waals surface area contributed by atoms with Crippen molar-refractivity contribution in [3.05, 3.63) is 64.7 Å². The number of ether oxygens (including phenoxy) is 1. The Morgan fingerprint density at radius 2 is 1.90 bits per heavy atom. The zero-order chi connectivity index (χ0) is 14.7. The van der Waals surface area contributed by atoms with Crippen LogP contribution in [0.2, 0.25) is 0 Å². The van der Waals surface area contributed by atoms with Gasteiger partial charge in [-0.1, -0.05) is 24.3 Å². The Morgan fingerprint density at radius 3 is 2.67 bits per heavy atom. The van der Waals surface area contributed by atoms with Gasteiger partial charge in [0.05, 0.1) is 11.6 Å². The standard InChI is InChI=1S/C18H15NO2/c19-11-13-7-9-14(10-8-13)12-21-18-6-2-3-15-16(18)4-1-5-17(15)20/h2-3,6-10H,1,4-5,12H2. The number of hydrogen-bond donors (Lipinski definition) is 0. The molecule has 1 aliphatic carbocycles. The van der Waals surface area contributed by atoms with Gasteiger partial charge in [0, 0.05) is 17.5 Å². The van der Waals surface area contributed by atoms with E-state index in [1.807, 2.05) is 30.3 Å². The van der Waals surface area contributed by atoms with Crippen molar-refractivity contribution in [2.24, 2.45) is 0 Å². The fraction of sp³-hybridized carbons (Fsp3) is 0.222. The van der Waals surface area contributed by atoms with Crippen LogP contribution >= 0.6 is 0 Å². The maximum Gasteiger partial charge on any atom is 0.163 e. The smallest absolute Gasteiger partial charge is 0.163 e. The molecule has 0 fully saturated rings. The lowest BCUT2D eigenvalue weighted by Gasteiger charge is -2.18. The highest BCUT2D eigenvalue weighted by molar-refractivity contribution is 5.99. The van der Waals surface area contributed by atoms with Gasteiger partial charge in [0.1, 0.15) is 12.4 Å². The average molecular weight is 277 g/mol. The summed E-state index contributed by atoms with van der Waals surface area (Å²) in [5, 5.41) is 8.78. The normalized spacial score (nSPS) is 13.4. The third kappa shape index (κ3) is 2.80. The molecule has 1 aliphatic rings. The molecule has 0 unspecified atom stereocenters. The number of rotatable bonds is 3. The van der Waals surface area contributed by atoms with Gasteiger partial charge < -0.3 is 4.74 Å². The second-order valence-corrected chi connectivity index (χ2v) is 5.16. The van der Waals surface area contributed by atoms with Gasteiger partial charge in [0.15, 0.2) is 5.78 Å². The van der Waals surface area contributed by atoms with E-state index in [0.29, 0.717) is 18.6 Å². The van der Waals surface area contributed by atoms with Gasteiger partial charge >= 0.3 is 0 Å². The highest BCUT2D eigenvalue weighted by Crippen LogP contribution is 2.30. The summed E-state index contributed by atoms with van der Waals surface area (Å²) in [6.07, 6.45) is 2.42. The Balaban J connectivity index is 1.78. The minimum atomic E-state index is 0.208. The third-order valence-corrected chi connectivity index (χ3v) is 3.74. The highest BCUT2D eigenvalue weighted by Gasteiger charge is 2.20. The van der Waals surface area contributed by atoms with E-state index in [1.165, 1.54) is 0 Å². The summed E-state index contributed by atoms with van der Waals surface area (Å²) in [6.45, 7) is 0.441. The largest absolute Gasteiger partial charge is 0.489 e. The van der Waals surface area contributed by atoms with Gasteiger partial charge in [-0.15, -0.1) is 0 Å². The topological polar surface area (TPSA) is 50.1 Å².